The number of hydrogen-bond acceptors (Lipinski definition) is 4. The van der Waals surface area contributed by atoms with E-state index < -0.39 is 0 Å². The van der Waals surface area contributed by atoms with Crippen LogP contribution in [0.3, 0.4) is 0 Å². The zero-order chi connectivity index (χ0) is 20.7. The third-order valence-corrected chi connectivity index (χ3v) is 6.91. The number of anilines is 1. The minimum Gasteiger partial charge on any atom is -0.341 e. The van der Waals surface area contributed by atoms with Gasteiger partial charge >= 0.3 is 0 Å². The molecule has 2 aliphatic rings. The van der Waals surface area contributed by atoms with Gasteiger partial charge in [0.1, 0.15) is 5.65 Å². The van der Waals surface area contributed by atoms with E-state index in [0.717, 1.165) is 54.0 Å². The molecule has 1 saturated heterocycles. The number of piperidine rings is 1. The van der Waals surface area contributed by atoms with E-state index in [-0.39, 0.29) is 11.6 Å². The molecule has 5 rings (SSSR count). The highest BCUT2D eigenvalue weighted by atomic mass is 16.1. The van der Waals surface area contributed by atoms with Crippen LogP contribution < -0.4 is 10.5 Å². The van der Waals surface area contributed by atoms with Crippen molar-refractivity contribution in [1.82, 2.24) is 14.5 Å². The largest absolute Gasteiger partial charge is 0.341 e. The van der Waals surface area contributed by atoms with Gasteiger partial charge in [0.15, 0.2) is 0 Å². The van der Waals surface area contributed by atoms with Crippen LogP contribution in [0.4, 0.5) is 5.95 Å². The smallest absolute Gasteiger partial charge is 0.260 e. The fraction of sp³-hybridized carbons (Fsp3) is 0.480. The Morgan fingerprint density at radius 2 is 1.70 bits per heavy atom. The van der Waals surface area contributed by atoms with E-state index in [1.54, 1.807) is 0 Å². The first kappa shape index (κ1) is 19.3. The van der Waals surface area contributed by atoms with Gasteiger partial charge in [-0.05, 0) is 68.7 Å². The lowest BCUT2D eigenvalue weighted by Crippen LogP contribution is -2.32. The molecule has 0 atom stereocenters. The summed E-state index contributed by atoms with van der Waals surface area (Å²) in [7, 11) is 0. The van der Waals surface area contributed by atoms with E-state index >= 15 is 0 Å². The third kappa shape index (κ3) is 3.40. The molecule has 0 unspecified atom stereocenters. The normalized spacial score (nSPS) is 17.7. The Bertz CT molecular complexity index is 1140. The molecule has 1 aliphatic heterocycles. The Labute approximate surface area is 177 Å². The summed E-state index contributed by atoms with van der Waals surface area (Å²) in [6.07, 6.45) is 10.0. The van der Waals surface area contributed by atoms with Crippen LogP contribution in [-0.4, -0.2) is 27.6 Å². The first-order chi connectivity index (χ1) is 14.6. The fourth-order valence-electron chi connectivity index (χ4n) is 4.97. The number of benzene rings is 1. The SMILES string of the molecule is Cc1ccc(-c2cc3cnc(N4CCCCC4)nc3n(C3CCCC3)c2=O)cc1C. The molecule has 0 N–H and O–H groups in total. The van der Waals surface area contributed by atoms with E-state index in [4.69, 9.17) is 9.97 Å². The summed E-state index contributed by atoms with van der Waals surface area (Å²) in [6.45, 7) is 6.20. The summed E-state index contributed by atoms with van der Waals surface area (Å²) in [5.41, 5.74) is 5.07. The molecule has 30 heavy (non-hydrogen) atoms. The van der Waals surface area contributed by atoms with Gasteiger partial charge in [0.2, 0.25) is 5.95 Å². The minimum absolute atomic E-state index is 0.0842. The highest BCUT2D eigenvalue weighted by molar-refractivity contribution is 5.82. The van der Waals surface area contributed by atoms with Gasteiger partial charge in [0, 0.05) is 36.3 Å². The lowest BCUT2D eigenvalue weighted by Gasteiger charge is -2.27. The predicted octanol–water partition coefficient (Wildman–Crippen LogP) is 5.18. The molecule has 2 fully saturated rings. The van der Waals surface area contributed by atoms with Gasteiger partial charge in [-0.3, -0.25) is 9.36 Å². The van der Waals surface area contributed by atoms with Crippen molar-refractivity contribution in [2.75, 3.05) is 18.0 Å². The van der Waals surface area contributed by atoms with Crippen LogP contribution in [0.25, 0.3) is 22.2 Å². The molecule has 2 aromatic heterocycles. The van der Waals surface area contributed by atoms with Crippen LogP contribution in [-0.2, 0) is 0 Å². The topological polar surface area (TPSA) is 51.0 Å². The number of fused-ring (bicyclic) bond motifs is 1. The summed E-state index contributed by atoms with van der Waals surface area (Å²) in [6, 6.07) is 8.51. The number of nitrogens with zero attached hydrogens (tertiary/aromatic N) is 4. The zero-order valence-corrected chi connectivity index (χ0v) is 18.0. The molecule has 5 nitrogen and oxygen atoms in total. The summed E-state index contributed by atoms with van der Waals surface area (Å²) in [4.78, 5) is 25.7. The van der Waals surface area contributed by atoms with Crippen LogP contribution >= 0.6 is 0 Å². The molecule has 0 amide bonds. The third-order valence-electron chi connectivity index (χ3n) is 6.91. The molecular formula is C25H30N4O. The lowest BCUT2D eigenvalue weighted by molar-refractivity contribution is 0.515. The zero-order valence-electron chi connectivity index (χ0n) is 18.0. The second-order valence-electron chi connectivity index (χ2n) is 8.97. The fourth-order valence-corrected chi connectivity index (χ4v) is 4.97. The van der Waals surface area contributed by atoms with Crippen molar-refractivity contribution in [1.29, 1.82) is 0 Å². The number of pyridine rings is 1. The van der Waals surface area contributed by atoms with Gasteiger partial charge < -0.3 is 4.90 Å². The average Bonchev–Trinajstić information content (AvgIpc) is 3.30. The van der Waals surface area contributed by atoms with Gasteiger partial charge in [-0.15, -0.1) is 0 Å². The van der Waals surface area contributed by atoms with Crippen LogP contribution in [0, 0.1) is 13.8 Å². The second-order valence-corrected chi connectivity index (χ2v) is 8.97. The lowest BCUT2D eigenvalue weighted by atomic mass is 10.0. The second kappa shape index (κ2) is 7.86. The molecule has 156 valence electrons. The van der Waals surface area contributed by atoms with E-state index in [1.807, 2.05) is 16.8 Å². The molecule has 1 saturated carbocycles. The van der Waals surface area contributed by atoms with Crippen LogP contribution in [0.5, 0.6) is 0 Å². The first-order valence-electron chi connectivity index (χ1n) is 11.4. The Morgan fingerprint density at radius 3 is 2.43 bits per heavy atom. The number of hydrogen-bond donors (Lipinski definition) is 0. The highest BCUT2D eigenvalue weighted by Gasteiger charge is 2.24. The van der Waals surface area contributed by atoms with Crippen LogP contribution in [0.15, 0.2) is 35.3 Å². The maximum absolute atomic E-state index is 13.7. The summed E-state index contributed by atoms with van der Waals surface area (Å²) in [5.74, 6) is 0.771. The van der Waals surface area contributed by atoms with Crippen molar-refractivity contribution in [3.63, 3.8) is 0 Å². The molecule has 1 aromatic carbocycles. The number of aromatic nitrogens is 3. The van der Waals surface area contributed by atoms with Gasteiger partial charge in [-0.2, -0.15) is 4.98 Å². The number of aryl methyl sites for hydroxylation is 2. The Morgan fingerprint density at radius 1 is 0.933 bits per heavy atom. The molecule has 3 heterocycles. The molecule has 5 heteroatoms. The maximum Gasteiger partial charge on any atom is 0.260 e. The molecular weight excluding hydrogens is 372 g/mol. The standard InChI is InChI=1S/C25H30N4O/c1-17-10-11-19(14-18(17)2)22-15-20-16-26-25(28-12-6-3-7-13-28)27-23(20)29(24(22)30)21-8-4-5-9-21/h10-11,14-16,21H,3-9,12-13H2,1-2H3. The van der Waals surface area contributed by atoms with Crippen LogP contribution in [0.2, 0.25) is 0 Å². The first-order valence-corrected chi connectivity index (χ1v) is 11.4. The Balaban J connectivity index is 1.70. The van der Waals surface area contributed by atoms with Gasteiger partial charge in [-0.1, -0.05) is 31.0 Å². The van der Waals surface area contributed by atoms with Crippen molar-refractivity contribution in [3.05, 3.63) is 51.9 Å². The maximum atomic E-state index is 13.7. The molecule has 3 aromatic rings. The summed E-state index contributed by atoms with van der Waals surface area (Å²) >= 11 is 0. The van der Waals surface area contributed by atoms with Gasteiger partial charge in [0.05, 0.1) is 0 Å². The van der Waals surface area contributed by atoms with Crippen molar-refractivity contribution >= 4 is 17.0 Å². The van der Waals surface area contributed by atoms with E-state index in [0.29, 0.717) is 0 Å². The summed E-state index contributed by atoms with van der Waals surface area (Å²) < 4.78 is 1.99. The predicted molar refractivity (Wildman–Crippen MR) is 122 cm³/mol. The van der Waals surface area contributed by atoms with Crippen LogP contribution in [0.1, 0.15) is 62.1 Å². The van der Waals surface area contributed by atoms with Crippen molar-refractivity contribution in [2.24, 2.45) is 0 Å². The molecule has 0 spiro atoms. The van der Waals surface area contributed by atoms with Crippen molar-refractivity contribution in [3.8, 4) is 11.1 Å². The molecule has 0 bridgehead atoms. The molecule has 0 radical (unpaired) electrons. The average molecular weight is 403 g/mol. The van der Waals surface area contributed by atoms with E-state index in [1.165, 1.54) is 43.2 Å². The summed E-state index contributed by atoms with van der Waals surface area (Å²) in [5, 5.41) is 0.954. The van der Waals surface area contributed by atoms with E-state index in [9.17, 15) is 4.79 Å². The Hall–Kier alpha value is -2.69. The minimum atomic E-state index is 0.0842. The monoisotopic (exact) mass is 402 g/mol. The highest BCUT2D eigenvalue weighted by Crippen LogP contribution is 2.32. The van der Waals surface area contributed by atoms with E-state index in [2.05, 4.69) is 36.9 Å². The Kier molecular flexibility index (Phi) is 5.05. The van der Waals surface area contributed by atoms with Gasteiger partial charge in [-0.25, -0.2) is 4.98 Å². The molecule has 1 aliphatic carbocycles. The van der Waals surface area contributed by atoms with Gasteiger partial charge in [0.25, 0.3) is 5.56 Å². The quantitative estimate of drug-likeness (QED) is 0.606. The van der Waals surface area contributed by atoms with Crippen molar-refractivity contribution < 1.29 is 0 Å². The van der Waals surface area contributed by atoms with Crippen molar-refractivity contribution in [2.45, 2.75) is 64.8 Å². The number of rotatable bonds is 3.